The second-order valence-electron chi connectivity index (χ2n) is 7.69. The zero-order valence-electron chi connectivity index (χ0n) is 13.3. The number of hydrogen-bond donors (Lipinski definition) is 1. The maximum atomic E-state index is 3.69. The zero-order valence-corrected chi connectivity index (χ0v) is 13.3. The molecule has 1 nitrogen and oxygen atoms in total. The van der Waals surface area contributed by atoms with Crippen molar-refractivity contribution >= 4 is 5.57 Å². The summed E-state index contributed by atoms with van der Waals surface area (Å²) in [7, 11) is 0. The molecule has 1 saturated carbocycles. The molecule has 0 amide bonds. The zero-order chi connectivity index (χ0) is 14.4. The van der Waals surface area contributed by atoms with E-state index in [1.54, 1.807) is 11.1 Å². The molecule has 1 aromatic rings. The van der Waals surface area contributed by atoms with Crippen LogP contribution in [0, 0.1) is 0 Å². The molecule has 2 aliphatic carbocycles. The average Bonchev–Trinajstić information content (AvgIpc) is 2.95. The summed E-state index contributed by atoms with van der Waals surface area (Å²) in [5.41, 5.74) is 6.63. The second kappa shape index (κ2) is 4.65. The highest BCUT2D eigenvalue weighted by molar-refractivity contribution is 5.77. The number of allylic oxidation sites excluding steroid dienone is 2. The lowest BCUT2D eigenvalue weighted by molar-refractivity contribution is 0.459. The maximum absolute atomic E-state index is 3.69. The molecule has 2 aliphatic rings. The van der Waals surface area contributed by atoms with Crippen LogP contribution in [0.4, 0.5) is 0 Å². The summed E-state index contributed by atoms with van der Waals surface area (Å²) in [4.78, 5) is 0. The Bertz CT molecular complexity index is 539. The third-order valence-electron chi connectivity index (χ3n) is 4.91. The Labute approximate surface area is 123 Å². The molecule has 0 saturated heterocycles. The highest BCUT2D eigenvalue weighted by atomic mass is 15.0. The van der Waals surface area contributed by atoms with E-state index in [0.717, 1.165) is 0 Å². The molecule has 1 heteroatoms. The van der Waals surface area contributed by atoms with Gasteiger partial charge >= 0.3 is 0 Å². The van der Waals surface area contributed by atoms with Crippen LogP contribution in [0.1, 0.15) is 70.9 Å². The van der Waals surface area contributed by atoms with E-state index in [-0.39, 0.29) is 5.54 Å². The molecule has 0 bridgehead atoms. The van der Waals surface area contributed by atoms with Crippen LogP contribution in [0.2, 0.25) is 0 Å². The van der Waals surface area contributed by atoms with E-state index >= 15 is 0 Å². The largest absolute Gasteiger partial charge is 0.384 e. The Kier molecular flexibility index (Phi) is 3.19. The SMILES string of the molecule is C/C(NC(C)(C)C)=C1\CC2(CCCC2)c2ccccc21. The lowest BCUT2D eigenvalue weighted by atomic mass is 9.80. The summed E-state index contributed by atoms with van der Waals surface area (Å²) in [5.74, 6) is 0. The molecule has 1 fully saturated rings. The second-order valence-corrected chi connectivity index (χ2v) is 7.69. The van der Waals surface area contributed by atoms with E-state index in [9.17, 15) is 0 Å². The van der Waals surface area contributed by atoms with E-state index in [2.05, 4.69) is 57.3 Å². The summed E-state index contributed by atoms with van der Waals surface area (Å²) in [5, 5.41) is 3.69. The van der Waals surface area contributed by atoms with Crippen LogP contribution in [0.3, 0.4) is 0 Å². The minimum Gasteiger partial charge on any atom is -0.384 e. The Balaban J connectivity index is 2.05. The van der Waals surface area contributed by atoms with Crippen molar-refractivity contribution in [3.8, 4) is 0 Å². The minimum atomic E-state index is 0.136. The van der Waals surface area contributed by atoms with Gasteiger partial charge in [0.1, 0.15) is 0 Å². The van der Waals surface area contributed by atoms with E-state index in [0.29, 0.717) is 5.41 Å². The highest BCUT2D eigenvalue weighted by Gasteiger charge is 2.43. The summed E-state index contributed by atoms with van der Waals surface area (Å²) in [6.45, 7) is 8.97. The van der Waals surface area contributed by atoms with Gasteiger partial charge in [0.05, 0.1) is 0 Å². The van der Waals surface area contributed by atoms with Gasteiger partial charge in [-0.2, -0.15) is 0 Å². The van der Waals surface area contributed by atoms with Gasteiger partial charge in [0, 0.05) is 16.7 Å². The molecule has 0 aromatic heterocycles. The van der Waals surface area contributed by atoms with Crippen LogP contribution in [-0.4, -0.2) is 5.54 Å². The van der Waals surface area contributed by atoms with Crippen molar-refractivity contribution in [1.29, 1.82) is 0 Å². The smallest absolute Gasteiger partial charge is 0.0286 e. The topological polar surface area (TPSA) is 12.0 Å². The molecule has 20 heavy (non-hydrogen) atoms. The van der Waals surface area contributed by atoms with E-state index in [4.69, 9.17) is 0 Å². The first kappa shape index (κ1) is 13.7. The van der Waals surface area contributed by atoms with Gasteiger partial charge in [-0.25, -0.2) is 0 Å². The number of nitrogens with one attached hydrogen (secondary N) is 1. The fourth-order valence-electron chi connectivity index (χ4n) is 4.21. The van der Waals surface area contributed by atoms with E-state index in [1.807, 2.05) is 0 Å². The fraction of sp³-hybridized carbons (Fsp3) is 0.579. The molecule has 0 unspecified atom stereocenters. The normalized spacial score (nSPS) is 23.0. The number of fused-ring (bicyclic) bond motifs is 2. The number of benzene rings is 1. The Morgan fingerprint density at radius 2 is 1.75 bits per heavy atom. The van der Waals surface area contributed by atoms with E-state index < -0.39 is 0 Å². The van der Waals surface area contributed by atoms with Crippen molar-refractivity contribution < 1.29 is 0 Å². The Morgan fingerprint density at radius 3 is 2.40 bits per heavy atom. The molecule has 108 valence electrons. The van der Waals surface area contributed by atoms with Crippen LogP contribution in [0.15, 0.2) is 30.0 Å². The molecule has 0 atom stereocenters. The van der Waals surface area contributed by atoms with Gasteiger partial charge in [0.25, 0.3) is 0 Å². The molecular formula is C19H27N. The van der Waals surface area contributed by atoms with Crippen LogP contribution in [-0.2, 0) is 5.41 Å². The Morgan fingerprint density at radius 1 is 1.10 bits per heavy atom. The maximum Gasteiger partial charge on any atom is 0.0286 e. The first-order valence-electron chi connectivity index (χ1n) is 7.99. The summed E-state index contributed by atoms with van der Waals surface area (Å²) < 4.78 is 0. The van der Waals surface area contributed by atoms with Crippen molar-refractivity contribution in [3.05, 3.63) is 41.1 Å². The van der Waals surface area contributed by atoms with Crippen molar-refractivity contribution in [2.24, 2.45) is 0 Å². The molecule has 0 heterocycles. The highest BCUT2D eigenvalue weighted by Crippen LogP contribution is 2.54. The standard InChI is InChI=1S/C19H27N/c1-14(20-18(2,3)4)16-13-19(11-7-8-12-19)17-10-6-5-9-15(16)17/h5-6,9-10,20H,7-8,11-13H2,1-4H3/b16-14-. The monoisotopic (exact) mass is 269 g/mol. The third kappa shape index (κ3) is 2.28. The molecule has 0 aliphatic heterocycles. The van der Waals surface area contributed by atoms with Crippen LogP contribution >= 0.6 is 0 Å². The number of hydrogen-bond acceptors (Lipinski definition) is 1. The minimum absolute atomic E-state index is 0.136. The van der Waals surface area contributed by atoms with Crippen molar-refractivity contribution in [2.45, 2.75) is 70.8 Å². The summed E-state index contributed by atoms with van der Waals surface area (Å²) in [6, 6.07) is 9.11. The van der Waals surface area contributed by atoms with Gasteiger partial charge in [-0.3, -0.25) is 0 Å². The lowest BCUT2D eigenvalue weighted by Gasteiger charge is -2.26. The predicted octanol–water partition coefficient (Wildman–Crippen LogP) is 5.02. The van der Waals surface area contributed by atoms with Crippen LogP contribution < -0.4 is 5.32 Å². The van der Waals surface area contributed by atoms with Crippen molar-refractivity contribution in [3.63, 3.8) is 0 Å². The fourth-order valence-corrected chi connectivity index (χ4v) is 4.21. The molecule has 1 aromatic carbocycles. The molecule has 0 radical (unpaired) electrons. The Hall–Kier alpha value is -1.24. The summed E-state index contributed by atoms with van der Waals surface area (Å²) in [6.07, 6.45) is 6.77. The summed E-state index contributed by atoms with van der Waals surface area (Å²) >= 11 is 0. The van der Waals surface area contributed by atoms with Crippen molar-refractivity contribution in [2.75, 3.05) is 0 Å². The van der Waals surface area contributed by atoms with Gasteiger partial charge in [-0.05, 0) is 63.7 Å². The van der Waals surface area contributed by atoms with Crippen LogP contribution in [0.5, 0.6) is 0 Å². The molecular weight excluding hydrogens is 242 g/mol. The van der Waals surface area contributed by atoms with Gasteiger partial charge in [-0.15, -0.1) is 0 Å². The first-order chi connectivity index (χ1) is 9.41. The van der Waals surface area contributed by atoms with Gasteiger partial charge in [0.2, 0.25) is 0 Å². The number of rotatable bonds is 1. The first-order valence-corrected chi connectivity index (χ1v) is 7.99. The average molecular weight is 269 g/mol. The van der Waals surface area contributed by atoms with Gasteiger partial charge in [0.15, 0.2) is 0 Å². The van der Waals surface area contributed by atoms with Crippen molar-refractivity contribution in [1.82, 2.24) is 5.32 Å². The quantitative estimate of drug-likeness (QED) is 0.754. The van der Waals surface area contributed by atoms with E-state index in [1.165, 1.54) is 43.4 Å². The molecule has 1 spiro atoms. The molecule has 1 N–H and O–H groups in total. The molecule has 3 rings (SSSR count). The third-order valence-corrected chi connectivity index (χ3v) is 4.91. The lowest BCUT2D eigenvalue weighted by Crippen LogP contribution is -2.34. The van der Waals surface area contributed by atoms with Crippen LogP contribution in [0.25, 0.3) is 5.57 Å². The van der Waals surface area contributed by atoms with Gasteiger partial charge < -0.3 is 5.32 Å². The van der Waals surface area contributed by atoms with Gasteiger partial charge in [-0.1, -0.05) is 37.1 Å². The predicted molar refractivity (Wildman–Crippen MR) is 86.7 cm³/mol.